The average Bonchev–Trinajstić information content (AvgIpc) is 3.43. The molecule has 0 spiro atoms. The summed E-state index contributed by atoms with van der Waals surface area (Å²) in [5, 5.41) is 6.11. The first kappa shape index (κ1) is 30.7. The van der Waals surface area contributed by atoms with Crippen LogP contribution in [-0.2, 0) is 9.53 Å². The number of nitrogens with zero attached hydrogens (tertiary/aromatic N) is 2. The molecule has 2 aliphatic heterocycles. The van der Waals surface area contributed by atoms with E-state index in [2.05, 4.69) is 46.0 Å². The molecule has 4 heterocycles. The zero-order valence-electron chi connectivity index (χ0n) is 26.3. The van der Waals surface area contributed by atoms with Gasteiger partial charge in [0.15, 0.2) is 11.5 Å². The minimum atomic E-state index is -0.254. The molecule has 0 aliphatic carbocycles. The van der Waals surface area contributed by atoms with Crippen LogP contribution >= 0.6 is 0 Å². The first-order chi connectivity index (χ1) is 20.7. The molecular formula is C33H44N4O6. The number of fused-ring (bicyclic) bond motifs is 1. The molecule has 10 heteroatoms. The van der Waals surface area contributed by atoms with Gasteiger partial charge >= 0.3 is 0 Å². The summed E-state index contributed by atoms with van der Waals surface area (Å²) in [6.45, 7) is 11.6. The molecule has 43 heavy (non-hydrogen) atoms. The van der Waals surface area contributed by atoms with E-state index in [9.17, 15) is 9.59 Å². The van der Waals surface area contributed by atoms with Crippen LogP contribution in [0.3, 0.4) is 0 Å². The molecule has 5 rings (SSSR count). The molecule has 2 saturated heterocycles. The van der Waals surface area contributed by atoms with E-state index >= 15 is 0 Å². The van der Waals surface area contributed by atoms with Gasteiger partial charge in [-0.25, -0.2) is 0 Å². The molecule has 2 aromatic heterocycles. The van der Waals surface area contributed by atoms with Crippen molar-refractivity contribution < 1.29 is 28.5 Å². The van der Waals surface area contributed by atoms with Crippen LogP contribution in [0.1, 0.15) is 54.8 Å². The minimum absolute atomic E-state index is 0.00179. The summed E-state index contributed by atoms with van der Waals surface area (Å²) in [6.07, 6.45) is 3.00. The van der Waals surface area contributed by atoms with E-state index in [1.165, 1.54) is 0 Å². The number of aromatic nitrogens is 1. The number of carbonyl (C=O) groups excluding carboxylic acids is 2. The average molecular weight is 593 g/mol. The fraction of sp³-hybridized carbons (Fsp3) is 0.515. The van der Waals surface area contributed by atoms with Crippen LogP contribution in [0.4, 0.5) is 0 Å². The summed E-state index contributed by atoms with van der Waals surface area (Å²) in [7, 11) is 4.79. The number of hydrogen-bond donors (Lipinski definition) is 2. The third kappa shape index (κ3) is 6.03. The van der Waals surface area contributed by atoms with Gasteiger partial charge in [0, 0.05) is 60.3 Å². The van der Waals surface area contributed by atoms with Gasteiger partial charge in [-0.05, 0) is 68.5 Å². The Kier molecular flexibility index (Phi) is 9.17. The maximum atomic E-state index is 13.8. The lowest BCUT2D eigenvalue weighted by Gasteiger charge is -2.34. The molecule has 0 saturated carbocycles. The van der Waals surface area contributed by atoms with Gasteiger partial charge in [0.2, 0.25) is 11.7 Å². The molecule has 2 fully saturated rings. The summed E-state index contributed by atoms with van der Waals surface area (Å²) in [6, 6.07) is 8.05. The van der Waals surface area contributed by atoms with Crippen LogP contribution in [0.25, 0.3) is 16.6 Å². The number of ether oxygens (including phenoxy) is 4. The molecule has 2 N–H and O–H groups in total. The van der Waals surface area contributed by atoms with Crippen molar-refractivity contribution in [3.8, 4) is 28.4 Å². The fourth-order valence-corrected chi connectivity index (χ4v) is 6.65. The van der Waals surface area contributed by atoms with Crippen molar-refractivity contribution in [3.05, 3.63) is 47.3 Å². The lowest BCUT2D eigenvalue weighted by molar-refractivity contribution is -0.129. The zero-order chi connectivity index (χ0) is 30.8. The van der Waals surface area contributed by atoms with Gasteiger partial charge in [-0.1, -0.05) is 6.92 Å². The molecule has 4 atom stereocenters. The molecule has 2 aliphatic rings. The molecule has 10 nitrogen and oxygen atoms in total. The normalized spacial score (nSPS) is 21.7. The number of piperidine rings is 1. The molecule has 232 valence electrons. The van der Waals surface area contributed by atoms with Crippen LogP contribution < -0.4 is 24.8 Å². The Labute approximate surface area is 253 Å². The lowest BCUT2D eigenvalue weighted by Crippen LogP contribution is -2.50. The van der Waals surface area contributed by atoms with Crippen molar-refractivity contribution in [2.45, 2.75) is 46.2 Å². The predicted octanol–water partition coefficient (Wildman–Crippen LogP) is 4.22. The molecule has 1 aromatic carbocycles. The Morgan fingerprint density at radius 3 is 2.33 bits per heavy atom. The number of nitrogens with one attached hydrogen (secondary N) is 2. The maximum absolute atomic E-state index is 13.8. The quantitative estimate of drug-likeness (QED) is 0.384. The van der Waals surface area contributed by atoms with Crippen molar-refractivity contribution in [3.63, 3.8) is 0 Å². The number of amides is 2. The molecule has 0 bridgehead atoms. The second-order valence-electron chi connectivity index (χ2n) is 11.8. The molecule has 0 radical (unpaired) electrons. The standard InChI is InChI=1S/C33H44N4O6/c1-19-12-20(2)35-33(39)27(19)17-34-32(38)26-16-25-13-24(23-14-28(40-5)31(42-7)29(15-23)41-6)18-37(25)30(21(26)3)22(4)36-8-10-43-11-9-36/h13-16,18-20,22,27H,8-12,17H2,1-7H3,(H,34,38)(H,35,39). The van der Waals surface area contributed by atoms with E-state index in [1.54, 1.807) is 21.3 Å². The van der Waals surface area contributed by atoms with Gasteiger partial charge in [-0.15, -0.1) is 0 Å². The number of carbonyl (C=O) groups is 2. The van der Waals surface area contributed by atoms with E-state index in [0.29, 0.717) is 42.6 Å². The van der Waals surface area contributed by atoms with E-state index in [-0.39, 0.29) is 35.7 Å². The highest BCUT2D eigenvalue weighted by Gasteiger charge is 2.33. The zero-order valence-corrected chi connectivity index (χ0v) is 26.3. The van der Waals surface area contributed by atoms with Crippen molar-refractivity contribution in [1.82, 2.24) is 19.9 Å². The summed E-state index contributed by atoms with van der Waals surface area (Å²) >= 11 is 0. The highest BCUT2D eigenvalue weighted by atomic mass is 16.5. The SMILES string of the molecule is COc1cc(-c2cc3cc(C(=O)NCC4C(=O)NC(C)CC4C)c(C)c(C(C)N4CCOCC4)n3c2)cc(OC)c1OC. The van der Waals surface area contributed by atoms with Crippen molar-refractivity contribution in [1.29, 1.82) is 0 Å². The number of benzene rings is 1. The van der Waals surface area contributed by atoms with E-state index in [4.69, 9.17) is 18.9 Å². The topological polar surface area (TPSA) is 103 Å². The summed E-state index contributed by atoms with van der Waals surface area (Å²) in [4.78, 5) is 28.8. The van der Waals surface area contributed by atoms with Crippen molar-refractivity contribution in [2.24, 2.45) is 11.8 Å². The largest absolute Gasteiger partial charge is 0.493 e. The van der Waals surface area contributed by atoms with Gasteiger partial charge in [-0.2, -0.15) is 0 Å². The number of pyridine rings is 1. The number of rotatable bonds is 9. The van der Waals surface area contributed by atoms with Gasteiger partial charge in [0.05, 0.1) is 40.5 Å². The number of hydrogen-bond acceptors (Lipinski definition) is 7. The monoisotopic (exact) mass is 592 g/mol. The van der Waals surface area contributed by atoms with Crippen LogP contribution in [-0.4, -0.2) is 81.3 Å². The van der Waals surface area contributed by atoms with Gasteiger partial charge in [0.1, 0.15) is 0 Å². The number of methoxy groups -OCH3 is 3. The van der Waals surface area contributed by atoms with Crippen LogP contribution in [0.15, 0.2) is 30.5 Å². The second-order valence-corrected chi connectivity index (χ2v) is 11.8. The van der Waals surface area contributed by atoms with Crippen molar-refractivity contribution in [2.75, 3.05) is 54.2 Å². The Morgan fingerprint density at radius 2 is 1.72 bits per heavy atom. The highest BCUT2D eigenvalue weighted by Crippen LogP contribution is 2.42. The summed E-state index contributed by atoms with van der Waals surface area (Å²) in [5.74, 6) is 1.43. The predicted molar refractivity (Wildman–Crippen MR) is 165 cm³/mol. The smallest absolute Gasteiger partial charge is 0.251 e. The molecule has 4 unspecified atom stereocenters. The Balaban J connectivity index is 1.56. The second kappa shape index (κ2) is 12.9. The van der Waals surface area contributed by atoms with E-state index < -0.39 is 0 Å². The highest BCUT2D eigenvalue weighted by molar-refractivity contribution is 5.97. The lowest BCUT2D eigenvalue weighted by atomic mass is 9.84. The van der Waals surface area contributed by atoms with Gasteiger partial charge in [-0.3, -0.25) is 14.5 Å². The summed E-state index contributed by atoms with van der Waals surface area (Å²) < 4.78 is 24.6. The van der Waals surface area contributed by atoms with Gasteiger partial charge < -0.3 is 34.0 Å². The first-order valence-electron chi connectivity index (χ1n) is 15.0. The van der Waals surface area contributed by atoms with Crippen LogP contribution in [0.5, 0.6) is 17.2 Å². The first-order valence-corrected chi connectivity index (χ1v) is 15.0. The fourth-order valence-electron chi connectivity index (χ4n) is 6.65. The third-order valence-electron chi connectivity index (χ3n) is 9.04. The van der Waals surface area contributed by atoms with Crippen molar-refractivity contribution >= 4 is 17.3 Å². The Morgan fingerprint density at radius 1 is 1.05 bits per heavy atom. The van der Waals surface area contributed by atoms with E-state index in [0.717, 1.165) is 47.4 Å². The van der Waals surface area contributed by atoms with E-state index in [1.807, 2.05) is 32.0 Å². The Hall–Kier alpha value is -3.76. The summed E-state index contributed by atoms with van der Waals surface area (Å²) in [5.41, 5.74) is 5.31. The molecule has 2 amide bonds. The third-order valence-corrected chi connectivity index (χ3v) is 9.04. The molecular weight excluding hydrogens is 548 g/mol. The maximum Gasteiger partial charge on any atom is 0.251 e. The van der Waals surface area contributed by atoms with Crippen LogP contribution in [0, 0.1) is 18.8 Å². The molecule has 3 aromatic rings. The van der Waals surface area contributed by atoms with Crippen LogP contribution in [0.2, 0.25) is 0 Å². The minimum Gasteiger partial charge on any atom is -0.493 e. The Bertz CT molecular complexity index is 1470. The number of morpholine rings is 1. The van der Waals surface area contributed by atoms with Gasteiger partial charge in [0.25, 0.3) is 5.91 Å².